The lowest BCUT2D eigenvalue weighted by atomic mass is 10.1. The zero-order chi connectivity index (χ0) is 12.8. The van der Waals surface area contributed by atoms with Crippen molar-refractivity contribution >= 4 is 5.97 Å². The average Bonchev–Trinajstić information content (AvgIpc) is 2.92. The van der Waals surface area contributed by atoms with E-state index >= 15 is 0 Å². The van der Waals surface area contributed by atoms with Gasteiger partial charge in [-0.3, -0.25) is 0 Å². The van der Waals surface area contributed by atoms with Crippen molar-refractivity contribution in [2.45, 2.75) is 13.1 Å². The molecule has 0 aliphatic carbocycles. The van der Waals surface area contributed by atoms with Crippen LogP contribution in [0.15, 0.2) is 35.2 Å². The Balaban J connectivity index is 1.85. The molecular weight excluding hydrogens is 234 g/mol. The van der Waals surface area contributed by atoms with Gasteiger partial charge in [0.05, 0.1) is 19.2 Å². The summed E-state index contributed by atoms with van der Waals surface area (Å²) in [5.41, 5.74) is 1.60. The summed E-state index contributed by atoms with van der Waals surface area (Å²) in [5.74, 6) is 0.280. The SMILES string of the molecule is COC(=O)c1ccc(CNCc2ncon2)cc1. The van der Waals surface area contributed by atoms with Crippen LogP contribution < -0.4 is 5.32 Å². The Labute approximate surface area is 104 Å². The Morgan fingerprint density at radius 1 is 1.33 bits per heavy atom. The van der Waals surface area contributed by atoms with E-state index in [-0.39, 0.29) is 5.97 Å². The Bertz CT molecular complexity index is 494. The van der Waals surface area contributed by atoms with Gasteiger partial charge < -0.3 is 14.6 Å². The number of methoxy groups -OCH3 is 1. The molecule has 0 fully saturated rings. The number of aromatic nitrogens is 2. The number of carbonyl (C=O) groups excluding carboxylic acids is 1. The van der Waals surface area contributed by atoms with Gasteiger partial charge in [0.2, 0.25) is 6.39 Å². The van der Waals surface area contributed by atoms with Crippen LogP contribution in [0.1, 0.15) is 21.7 Å². The molecule has 6 heteroatoms. The highest BCUT2D eigenvalue weighted by Crippen LogP contribution is 2.05. The molecule has 0 radical (unpaired) electrons. The van der Waals surface area contributed by atoms with Crippen LogP contribution in [-0.2, 0) is 17.8 Å². The summed E-state index contributed by atoms with van der Waals surface area (Å²) in [4.78, 5) is 15.1. The number of esters is 1. The third kappa shape index (κ3) is 3.14. The molecule has 0 aliphatic heterocycles. The molecule has 18 heavy (non-hydrogen) atoms. The minimum absolute atomic E-state index is 0.332. The molecule has 0 saturated heterocycles. The number of nitrogens with one attached hydrogen (secondary N) is 1. The smallest absolute Gasteiger partial charge is 0.337 e. The first-order valence-electron chi connectivity index (χ1n) is 5.43. The second kappa shape index (κ2) is 5.92. The first-order chi connectivity index (χ1) is 8.79. The summed E-state index contributed by atoms with van der Waals surface area (Å²) >= 11 is 0. The molecule has 2 aromatic rings. The largest absolute Gasteiger partial charge is 0.465 e. The molecule has 0 unspecified atom stereocenters. The van der Waals surface area contributed by atoms with Gasteiger partial charge in [0.1, 0.15) is 0 Å². The van der Waals surface area contributed by atoms with Crippen molar-refractivity contribution in [2.75, 3.05) is 7.11 Å². The van der Waals surface area contributed by atoms with Crippen LogP contribution in [0.3, 0.4) is 0 Å². The maximum absolute atomic E-state index is 11.2. The maximum Gasteiger partial charge on any atom is 0.337 e. The van der Waals surface area contributed by atoms with E-state index in [4.69, 9.17) is 0 Å². The van der Waals surface area contributed by atoms with Crippen LogP contribution in [-0.4, -0.2) is 23.2 Å². The lowest BCUT2D eigenvalue weighted by Crippen LogP contribution is -2.13. The molecule has 0 saturated carbocycles. The Morgan fingerprint density at radius 3 is 2.72 bits per heavy atom. The highest BCUT2D eigenvalue weighted by atomic mass is 16.5. The lowest BCUT2D eigenvalue weighted by molar-refractivity contribution is 0.0600. The maximum atomic E-state index is 11.2. The summed E-state index contributed by atoms with van der Waals surface area (Å²) in [6, 6.07) is 7.21. The van der Waals surface area contributed by atoms with Crippen molar-refractivity contribution in [2.24, 2.45) is 0 Å². The van der Waals surface area contributed by atoms with Crippen LogP contribution >= 0.6 is 0 Å². The molecule has 94 valence electrons. The highest BCUT2D eigenvalue weighted by Gasteiger charge is 2.04. The van der Waals surface area contributed by atoms with Crippen LogP contribution in [0, 0.1) is 0 Å². The number of rotatable bonds is 5. The van der Waals surface area contributed by atoms with E-state index in [0.29, 0.717) is 24.5 Å². The Hall–Kier alpha value is -2.21. The molecule has 6 nitrogen and oxygen atoms in total. The van der Waals surface area contributed by atoms with Gasteiger partial charge in [0.25, 0.3) is 0 Å². The van der Waals surface area contributed by atoms with E-state index in [2.05, 4.69) is 24.7 Å². The van der Waals surface area contributed by atoms with E-state index in [1.165, 1.54) is 13.5 Å². The fourth-order valence-corrected chi connectivity index (χ4v) is 1.47. The molecule has 2 rings (SSSR count). The fourth-order valence-electron chi connectivity index (χ4n) is 1.47. The minimum atomic E-state index is -0.332. The monoisotopic (exact) mass is 247 g/mol. The first-order valence-corrected chi connectivity index (χ1v) is 5.43. The van der Waals surface area contributed by atoms with Gasteiger partial charge in [-0.1, -0.05) is 17.3 Å². The second-order valence-electron chi connectivity index (χ2n) is 3.64. The van der Waals surface area contributed by atoms with Gasteiger partial charge in [-0.15, -0.1) is 0 Å². The van der Waals surface area contributed by atoms with E-state index in [9.17, 15) is 4.79 Å². The summed E-state index contributed by atoms with van der Waals surface area (Å²) in [6.07, 6.45) is 1.29. The predicted molar refractivity (Wildman–Crippen MR) is 62.6 cm³/mol. The van der Waals surface area contributed by atoms with Crippen LogP contribution in [0.5, 0.6) is 0 Å². The zero-order valence-electron chi connectivity index (χ0n) is 9.92. The molecule has 1 aromatic carbocycles. The molecule has 1 N–H and O–H groups in total. The first kappa shape index (κ1) is 12.3. The molecule has 0 aliphatic rings. The minimum Gasteiger partial charge on any atom is -0.465 e. The topological polar surface area (TPSA) is 77.2 Å². The van der Waals surface area contributed by atoms with Crippen molar-refractivity contribution < 1.29 is 14.1 Å². The van der Waals surface area contributed by atoms with Crippen LogP contribution in [0.4, 0.5) is 0 Å². The molecule has 1 aromatic heterocycles. The normalized spacial score (nSPS) is 10.3. The fraction of sp³-hybridized carbons (Fsp3) is 0.250. The number of hydrogen-bond acceptors (Lipinski definition) is 6. The van der Waals surface area contributed by atoms with E-state index in [1.54, 1.807) is 12.1 Å². The van der Waals surface area contributed by atoms with Crippen molar-refractivity contribution in [3.8, 4) is 0 Å². The number of carbonyl (C=O) groups is 1. The van der Waals surface area contributed by atoms with Crippen molar-refractivity contribution in [1.82, 2.24) is 15.5 Å². The van der Waals surface area contributed by atoms with Gasteiger partial charge in [0, 0.05) is 6.54 Å². The quantitative estimate of drug-likeness (QED) is 0.798. The Kier molecular flexibility index (Phi) is 4.03. The van der Waals surface area contributed by atoms with Crippen molar-refractivity contribution in [1.29, 1.82) is 0 Å². The molecular formula is C12H13N3O3. The third-order valence-electron chi connectivity index (χ3n) is 2.39. The van der Waals surface area contributed by atoms with E-state index in [0.717, 1.165) is 5.56 Å². The lowest BCUT2D eigenvalue weighted by Gasteiger charge is -2.03. The second-order valence-corrected chi connectivity index (χ2v) is 3.64. The van der Waals surface area contributed by atoms with Gasteiger partial charge >= 0.3 is 5.97 Å². The molecule has 0 amide bonds. The third-order valence-corrected chi connectivity index (χ3v) is 2.39. The summed E-state index contributed by atoms with van der Waals surface area (Å²) in [7, 11) is 1.36. The molecule has 0 spiro atoms. The predicted octanol–water partition coefficient (Wildman–Crippen LogP) is 1.15. The molecule has 0 bridgehead atoms. The van der Waals surface area contributed by atoms with Crippen molar-refractivity contribution in [3.63, 3.8) is 0 Å². The Morgan fingerprint density at radius 2 is 2.11 bits per heavy atom. The number of hydrogen-bond donors (Lipinski definition) is 1. The van der Waals surface area contributed by atoms with Crippen LogP contribution in [0.2, 0.25) is 0 Å². The number of ether oxygens (including phenoxy) is 1. The number of benzene rings is 1. The zero-order valence-corrected chi connectivity index (χ0v) is 9.92. The van der Waals surface area contributed by atoms with Crippen LogP contribution in [0.25, 0.3) is 0 Å². The molecule has 1 heterocycles. The summed E-state index contributed by atoms with van der Waals surface area (Å²) in [6.45, 7) is 1.20. The van der Waals surface area contributed by atoms with Gasteiger partial charge in [-0.2, -0.15) is 4.98 Å². The molecule has 0 atom stereocenters. The summed E-state index contributed by atoms with van der Waals surface area (Å²) < 4.78 is 9.24. The van der Waals surface area contributed by atoms with E-state index < -0.39 is 0 Å². The van der Waals surface area contributed by atoms with Gasteiger partial charge in [-0.05, 0) is 17.7 Å². The van der Waals surface area contributed by atoms with Crippen molar-refractivity contribution in [3.05, 3.63) is 47.6 Å². The highest BCUT2D eigenvalue weighted by molar-refractivity contribution is 5.89. The average molecular weight is 247 g/mol. The summed E-state index contributed by atoms with van der Waals surface area (Å²) in [5, 5.41) is 6.85. The van der Waals surface area contributed by atoms with Gasteiger partial charge in [-0.25, -0.2) is 4.79 Å². The van der Waals surface area contributed by atoms with Gasteiger partial charge in [0.15, 0.2) is 5.82 Å². The number of nitrogens with zero attached hydrogens (tertiary/aromatic N) is 2. The van der Waals surface area contributed by atoms with E-state index in [1.807, 2.05) is 12.1 Å². The standard InChI is InChI=1S/C12H13N3O3/c1-17-12(16)10-4-2-9(3-5-10)6-13-7-11-14-8-18-15-11/h2-5,8,13H,6-7H2,1H3.